The molecule has 0 unspecified atom stereocenters. The van der Waals surface area contributed by atoms with Gasteiger partial charge in [-0.05, 0) is 23.6 Å². The first-order chi connectivity index (χ1) is 11.3. The van der Waals surface area contributed by atoms with Gasteiger partial charge in [0.2, 0.25) is 5.91 Å². The smallest absolute Gasteiger partial charge is 0.242 e. The predicted octanol–water partition coefficient (Wildman–Crippen LogP) is 2.77. The van der Waals surface area contributed by atoms with Gasteiger partial charge in [0.15, 0.2) is 0 Å². The lowest BCUT2D eigenvalue weighted by atomic mass is 10.2. The highest BCUT2D eigenvalue weighted by atomic mass is 32.1. The molecule has 1 amide bonds. The van der Waals surface area contributed by atoms with E-state index in [2.05, 4.69) is 11.4 Å². The van der Waals surface area contributed by atoms with Gasteiger partial charge in [0.05, 0.1) is 32.5 Å². The van der Waals surface area contributed by atoms with E-state index in [1.54, 1.807) is 18.4 Å². The normalized spacial score (nSPS) is 17.8. The lowest BCUT2D eigenvalue weighted by Crippen LogP contribution is -2.44. The van der Waals surface area contributed by atoms with Gasteiger partial charge in [-0.3, -0.25) is 4.79 Å². The van der Waals surface area contributed by atoms with Gasteiger partial charge in [-0.1, -0.05) is 18.2 Å². The molecule has 1 aromatic heterocycles. The van der Waals surface area contributed by atoms with Crippen LogP contribution >= 0.6 is 11.3 Å². The summed E-state index contributed by atoms with van der Waals surface area (Å²) in [6.45, 7) is 2.06. The first kappa shape index (κ1) is 15.8. The number of rotatable bonds is 5. The minimum atomic E-state index is -0.0149. The number of hydrogen-bond acceptors (Lipinski definition) is 5. The van der Waals surface area contributed by atoms with E-state index in [-0.39, 0.29) is 18.6 Å². The molecule has 1 fully saturated rings. The van der Waals surface area contributed by atoms with E-state index in [0.29, 0.717) is 19.7 Å². The fourth-order valence-corrected chi connectivity index (χ4v) is 3.36. The zero-order valence-corrected chi connectivity index (χ0v) is 13.8. The molecular formula is C17H20N2O3S. The summed E-state index contributed by atoms with van der Waals surface area (Å²) in [5, 5.41) is 5.19. The van der Waals surface area contributed by atoms with Crippen molar-refractivity contribution in [1.82, 2.24) is 4.90 Å². The Labute approximate surface area is 139 Å². The molecule has 1 atom stereocenters. The number of nitrogens with one attached hydrogen (secondary N) is 1. The molecule has 1 aliphatic heterocycles. The van der Waals surface area contributed by atoms with Crippen LogP contribution in [0.3, 0.4) is 0 Å². The maximum absolute atomic E-state index is 12.5. The fraction of sp³-hybridized carbons (Fsp3) is 0.353. The van der Waals surface area contributed by atoms with Crippen molar-refractivity contribution in [1.29, 1.82) is 0 Å². The summed E-state index contributed by atoms with van der Waals surface area (Å²) in [6, 6.07) is 11.6. The van der Waals surface area contributed by atoms with Crippen LogP contribution in [0.5, 0.6) is 5.75 Å². The van der Waals surface area contributed by atoms with Crippen LogP contribution in [0.1, 0.15) is 11.0 Å². The molecule has 0 bridgehead atoms. The Kier molecular flexibility index (Phi) is 5.15. The molecule has 6 heteroatoms. The molecule has 122 valence electrons. The molecule has 2 aromatic rings. The molecule has 23 heavy (non-hydrogen) atoms. The third kappa shape index (κ3) is 3.83. The molecule has 0 spiro atoms. The van der Waals surface area contributed by atoms with E-state index in [9.17, 15) is 4.79 Å². The number of thiophene rings is 1. The number of nitrogens with zero attached hydrogens (tertiary/aromatic N) is 1. The van der Waals surface area contributed by atoms with Crippen LogP contribution in [0.15, 0.2) is 41.8 Å². The van der Waals surface area contributed by atoms with Crippen molar-refractivity contribution in [2.24, 2.45) is 0 Å². The number of carbonyl (C=O) groups is 1. The molecule has 3 rings (SSSR count). The summed E-state index contributed by atoms with van der Waals surface area (Å²) in [7, 11) is 1.62. The van der Waals surface area contributed by atoms with Crippen molar-refractivity contribution in [2.75, 3.05) is 38.7 Å². The van der Waals surface area contributed by atoms with Crippen molar-refractivity contribution in [3.05, 3.63) is 46.7 Å². The Bertz CT molecular complexity index is 645. The van der Waals surface area contributed by atoms with Crippen LogP contribution in [0.25, 0.3) is 0 Å². The van der Waals surface area contributed by atoms with Crippen LogP contribution in [-0.2, 0) is 9.53 Å². The number of methoxy groups -OCH3 is 1. The largest absolute Gasteiger partial charge is 0.495 e. The maximum atomic E-state index is 12.5. The number of carbonyl (C=O) groups excluding carboxylic acids is 1. The highest BCUT2D eigenvalue weighted by molar-refractivity contribution is 7.10. The number of morpholine rings is 1. The Morgan fingerprint density at radius 2 is 2.26 bits per heavy atom. The second kappa shape index (κ2) is 7.48. The van der Waals surface area contributed by atoms with E-state index >= 15 is 0 Å². The average Bonchev–Trinajstić information content (AvgIpc) is 3.14. The topological polar surface area (TPSA) is 50.8 Å². The second-order valence-corrected chi connectivity index (χ2v) is 6.25. The minimum absolute atomic E-state index is 0.0149. The predicted molar refractivity (Wildman–Crippen MR) is 91.1 cm³/mol. The summed E-state index contributed by atoms with van der Waals surface area (Å²) in [5.41, 5.74) is 0.825. The number of amides is 1. The molecule has 1 N–H and O–H groups in total. The Morgan fingerprint density at radius 1 is 1.39 bits per heavy atom. The van der Waals surface area contributed by atoms with Crippen molar-refractivity contribution < 1.29 is 14.3 Å². The van der Waals surface area contributed by atoms with Crippen molar-refractivity contribution in [3.63, 3.8) is 0 Å². The second-order valence-electron chi connectivity index (χ2n) is 5.27. The standard InChI is InChI=1S/C17H20N2O3S/c1-21-14-6-3-2-5-13(14)18-11-17(20)19-8-9-22-15(12-19)16-7-4-10-23-16/h2-7,10,15,18H,8-9,11-12H2,1H3/t15-/m0/s1. The first-order valence-electron chi connectivity index (χ1n) is 7.57. The fourth-order valence-electron chi connectivity index (χ4n) is 2.60. The number of para-hydroxylation sites is 2. The molecule has 0 radical (unpaired) electrons. The van der Waals surface area contributed by atoms with Crippen molar-refractivity contribution >= 4 is 22.9 Å². The highest BCUT2D eigenvalue weighted by Gasteiger charge is 2.25. The lowest BCUT2D eigenvalue weighted by molar-refractivity contribution is -0.136. The van der Waals surface area contributed by atoms with Crippen LogP contribution in [0, 0.1) is 0 Å². The van der Waals surface area contributed by atoms with Gasteiger partial charge < -0.3 is 19.7 Å². The molecule has 1 saturated heterocycles. The maximum Gasteiger partial charge on any atom is 0.242 e. The van der Waals surface area contributed by atoms with Crippen LogP contribution < -0.4 is 10.1 Å². The van der Waals surface area contributed by atoms with Gasteiger partial charge in [0, 0.05) is 11.4 Å². The first-order valence-corrected chi connectivity index (χ1v) is 8.45. The summed E-state index contributed by atoms with van der Waals surface area (Å²) >= 11 is 1.66. The van der Waals surface area contributed by atoms with E-state index in [0.717, 1.165) is 11.4 Å². The SMILES string of the molecule is COc1ccccc1NCC(=O)N1CCO[C@H](c2cccs2)C1. The summed E-state index contributed by atoms with van der Waals surface area (Å²) in [5.74, 6) is 0.805. The van der Waals surface area contributed by atoms with Gasteiger partial charge in [-0.25, -0.2) is 0 Å². The van der Waals surface area contributed by atoms with Gasteiger partial charge >= 0.3 is 0 Å². The Balaban J connectivity index is 1.57. The third-order valence-electron chi connectivity index (χ3n) is 3.82. The molecule has 1 aromatic carbocycles. The number of hydrogen-bond donors (Lipinski definition) is 1. The van der Waals surface area contributed by atoms with Crippen molar-refractivity contribution in [3.8, 4) is 5.75 Å². The van der Waals surface area contributed by atoms with Crippen LogP contribution in [-0.4, -0.2) is 44.2 Å². The van der Waals surface area contributed by atoms with Crippen molar-refractivity contribution in [2.45, 2.75) is 6.10 Å². The minimum Gasteiger partial charge on any atom is -0.495 e. The van der Waals surface area contributed by atoms with Gasteiger partial charge in [-0.15, -0.1) is 11.3 Å². The molecule has 1 aliphatic rings. The van der Waals surface area contributed by atoms with E-state index in [4.69, 9.17) is 9.47 Å². The Hall–Kier alpha value is -2.05. The zero-order valence-electron chi connectivity index (χ0n) is 13.0. The third-order valence-corrected chi connectivity index (χ3v) is 4.78. The van der Waals surface area contributed by atoms with Crippen LogP contribution in [0.4, 0.5) is 5.69 Å². The van der Waals surface area contributed by atoms with Gasteiger partial charge in [0.1, 0.15) is 11.9 Å². The number of anilines is 1. The average molecular weight is 332 g/mol. The lowest BCUT2D eigenvalue weighted by Gasteiger charge is -2.32. The summed E-state index contributed by atoms with van der Waals surface area (Å²) in [6.07, 6.45) is -0.0149. The number of benzene rings is 1. The van der Waals surface area contributed by atoms with Gasteiger partial charge in [-0.2, -0.15) is 0 Å². The monoisotopic (exact) mass is 332 g/mol. The van der Waals surface area contributed by atoms with E-state index in [1.165, 1.54) is 4.88 Å². The summed E-state index contributed by atoms with van der Waals surface area (Å²) < 4.78 is 11.1. The molecular weight excluding hydrogens is 312 g/mol. The highest BCUT2D eigenvalue weighted by Crippen LogP contribution is 2.26. The molecule has 5 nitrogen and oxygen atoms in total. The number of ether oxygens (including phenoxy) is 2. The molecule has 0 saturated carbocycles. The quantitative estimate of drug-likeness (QED) is 0.915. The van der Waals surface area contributed by atoms with E-state index < -0.39 is 0 Å². The van der Waals surface area contributed by atoms with Gasteiger partial charge in [0.25, 0.3) is 0 Å². The molecule has 0 aliphatic carbocycles. The van der Waals surface area contributed by atoms with E-state index in [1.807, 2.05) is 40.6 Å². The molecule has 2 heterocycles. The zero-order chi connectivity index (χ0) is 16.1. The Morgan fingerprint density at radius 3 is 3.04 bits per heavy atom. The van der Waals surface area contributed by atoms with Crippen LogP contribution in [0.2, 0.25) is 0 Å². The summed E-state index contributed by atoms with van der Waals surface area (Å²) in [4.78, 5) is 15.5.